The summed E-state index contributed by atoms with van der Waals surface area (Å²) in [6.45, 7) is 1.89. The number of amides is 1. The van der Waals surface area contributed by atoms with Gasteiger partial charge in [0.05, 0.1) is 11.5 Å². The summed E-state index contributed by atoms with van der Waals surface area (Å²) in [4.78, 5) is 36.1. The van der Waals surface area contributed by atoms with Crippen LogP contribution in [0.3, 0.4) is 0 Å². The summed E-state index contributed by atoms with van der Waals surface area (Å²) in [6.07, 6.45) is 0. The molecular formula is C21H16N2O7S. The number of hydrogen-bond acceptors (Lipinski definition) is 8. The third kappa shape index (κ3) is 4.05. The van der Waals surface area contributed by atoms with Gasteiger partial charge in [0.1, 0.15) is 10.6 Å². The van der Waals surface area contributed by atoms with Crippen molar-refractivity contribution < 1.29 is 28.7 Å². The summed E-state index contributed by atoms with van der Waals surface area (Å²) in [5.41, 5.74) is 1.26. The van der Waals surface area contributed by atoms with Crippen LogP contribution in [0.4, 0.5) is 10.7 Å². The zero-order valence-electron chi connectivity index (χ0n) is 16.2. The van der Waals surface area contributed by atoms with Gasteiger partial charge in [-0.1, -0.05) is 12.1 Å². The van der Waals surface area contributed by atoms with Gasteiger partial charge in [0, 0.05) is 28.6 Å². The van der Waals surface area contributed by atoms with Crippen molar-refractivity contribution in [2.45, 2.75) is 6.92 Å². The zero-order chi connectivity index (χ0) is 22.0. The van der Waals surface area contributed by atoms with Crippen molar-refractivity contribution in [1.29, 1.82) is 0 Å². The quantitative estimate of drug-likeness (QED) is 0.341. The smallest absolute Gasteiger partial charge is 0.341 e. The largest absolute Gasteiger partial charge is 0.462 e. The molecule has 0 radical (unpaired) electrons. The van der Waals surface area contributed by atoms with Gasteiger partial charge in [-0.3, -0.25) is 14.9 Å². The number of anilines is 1. The lowest BCUT2D eigenvalue weighted by Gasteiger charge is -2.09. The number of fused-ring (bicyclic) bond motifs is 1. The lowest BCUT2D eigenvalue weighted by Crippen LogP contribution is -2.14. The number of nitrogens with one attached hydrogen (secondary N) is 1. The number of nitro benzene ring substituents is 1. The molecule has 1 aliphatic heterocycles. The minimum atomic E-state index is -0.633. The summed E-state index contributed by atoms with van der Waals surface area (Å²) in [5, 5.41) is 15.8. The Morgan fingerprint density at radius 3 is 2.77 bits per heavy atom. The van der Waals surface area contributed by atoms with Crippen LogP contribution in [0.25, 0.3) is 11.1 Å². The van der Waals surface area contributed by atoms with Crippen molar-refractivity contribution in [2.24, 2.45) is 0 Å². The van der Waals surface area contributed by atoms with Crippen molar-refractivity contribution in [1.82, 2.24) is 0 Å². The van der Waals surface area contributed by atoms with Crippen LogP contribution in [0.15, 0.2) is 47.8 Å². The van der Waals surface area contributed by atoms with E-state index >= 15 is 0 Å². The van der Waals surface area contributed by atoms with Gasteiger partial charge in [-0.2, -0.15) is 0 Å². The Labute approximate surface area is 180 Å². The number of nitro groups is 1. The van der Waals surface area contributed by atoms with Gasteiger partial charge in [-0.15, -0.1) is 11.3 Å². The summed E-state index contributed by atoms with van der Waals surface area (Å²) in [7, 11) is 0. The molecule has 0 saturated carbocycles. The number of hydrogen-bond donors (Lipinski definition) is 1. The standard InChI is InChI=1S/C21H16N2O7S/c1-2-28-21(25)18-15(12-4-3-5-14(8-12)23(26)27)10-31-20(18)22-19(24)13-6-7-16-17(9-13)30-11-29-16/h3-10H,2,11H2,1H3,(H,22,24). The molecule has 2 heterocycles. The predicted molar refractivity (Wildman–Crippen MR) is 113 cm³/mol. The third-order valence-corrected chi connectivity index (χ3v) is 5.40. The van der Waals surface area contributed by atoms with Crippen molar-refractivity contribution >= 4 is 33.9 Å². The Morgan fingerprint density at radius 2 is 2.00 bits per heavy atom. The van der Waals surface area contributed by atoms with Crippen LogP contribution < -0.4 is 14.8 Å². The Morgan fingerprint density at radius 1 is 1.19 bits per heavy atom. The maximum absolute atomic E-state index is 12.8. The number of carbonyl (C=O) groups is 2. The van der Waals surface area contributed by atoms with Gasteiger partial charge in [-0.25, -0.2) is 4.79 Å². The summed E-state index contributed by atoms with van der Waals surface area (Å²) in [6, 6.07) is 10.7. The Hall–Kier alpha value is -3.92. The zero-order valence-corrected chi connectivity index (χ0v) is 17.1. The number of non-ortho nitro benzene ring substituents is 1. The monoisotopic (exact) mass is 440 g/mol. The van der Waals surface area contributed by atoms with E-state index in [1.54, 1.807) is 36.6 Å². The summed E-state index contributed by atoms with van der Waals surface area (Å²) >= 11 is 1.13. The molecule has 9 nitrogen and oxygen atoms in total. The highest BCUT2D eigenvalue weighted by atomic mass is 32.1. The van der Waals surface area contributed by atoms with Crippen molar-refractivity contribution in [3.8, 4) is 22.6 Å². The second kappa shape index (κ2) is 8.44. The van der Waals surface area contributed by atoms with E-state index in [-0.39, 0.29) is 29.7 Å². The van der Waals surface area contributed by atoms with Crippen molar-refractivity contribution in [3.05, 3.63) is 69.1 Å². The van der Waals surface area contributed by atoms with Gasteiger partial charge >= 0.3 is 5.97 Å². The van der Waals surface area contributed by atoms with E-state index in [1.807, 2.05) is 0 Å². The molecule has 2 aromatic carbocycles. The van der Waals surface area contributed by atoms with Gasteiger partial charge in [0.25, 0.3) is 11.6 Å². The number of ether oxygens (including phenoxy) is 3. The first kappa shape index (κ1) is 20.4. The lowest BCUT2D eigenvalue weighted by atomic mass is 10.0. The third-order valence-electron chi connectivity index (χ3n) is 4.50. The van der Waals surface area contributed by atoms with Crippen LogP contribution >= 0.6 is 11.3 Å². The molecule has 0 fully saturated rings. The maximum Gasteiger partial charge on any atom is 0.341 e. The predicted octanol–water partition coefficient (Wildman–Crippen LogP) is 4.48. The van der Waals surface area contributed by atoms with E-state index in [9.17, 15) is 19.7 Å². The maximum atomic E-state index is 12.8. The molecule has 1 amide bonds. The van der Waals surface area contributed by atoms with Crippen LogP contribution in [0, 0.1) is 10.1 Å². The van der Waals surface area contributed by atoms with Crippen LogP contribution in [0.1, 0.15) is 27.6 Å². The second-order valence-corrected chi connectivity index (χ2v) is 7.28. The SMILES string of the molecule is CCOC(=O)c1c(-c2cccc([N+](=O)[O-])c2)csc1NC(=O)c1ccc2c(c1)OCO2. The van der Waals surface area contributed by atoms with E-state index < -0.39 is 16.8 Å². The van der Waals surface area contributed by atoms with E-state index in [1.165, 1.54) is 18.2 Å². The average Bonchev–Trinajstić information content (AvgIpc) is 3.40. The minimum Gasteiger partial charge on any atom is -0.462 e. The fourth-order valence-electron chi connectivity index (χ4n) is 3.07. The molecule has 0 saturated heterocycles. The minimum absolute atomic E-state index is 0.0882. The second-order valence-electron chi connectivity index (χ2n) is 6.40. The summed E-state index contributed by atoms with van der Waals surface area (Å²) in [5.74, 6) is -0.0721. The molecular weight excluding hydrogens is 424 g/mol. The molecule has 1 aromatic heterocycles. The topological polar surface area (TPSA) is 117 Å². The Kier molecular flexibility index (Phi) is 5.54. The van der Waals surface area contributed by atoms with E-state index in [0.29, 0.717) is 28.2 Å². The van der Waals surface area contributed by atoms with Crippen LogP contribution in [0.2, 0.25) is 0 Å². The molecule has 0 atom stereocenters. The molecule has 0 aliphatic carbocycles. The Bertz CT molecular complexity index is 1190. The summed E-state index contributed by atoms with van der Waals surface area (Å²) < 4.78 is 15.7. The molecule has 0 bridgehead atoms. The van der Waals surface area contributed by atoms with Gasteiger partial charge in [-0.05, 0) is 30.7 Å². The first-order valence-corrected chi connectivity index (χ1v) is 10.1. The number of carbonyl (C=O) groups excluding carboxylic acids is 2. The highest BCUT2D eigenvalue weighted by molar-refractivity contribution is 7.15. The molecule has 4 rings (SSSR count). The normalized spacial score (nSPS) is 11.8. The number of nitrogens with zero attached hydrogens (tertiary/aromatic N) is 1. The fraction of sp³-hybridized carbons (Fsp3) is 0.143. The highest BCUT2D eigenvalue weighted by Crippen LogP contribution is 2.38. The van der Waals surface area contributed by atoms with Gasteiger partial charge in [0.2, 0.25) is 6.79 Å². The van der Waals surface area contributed by atoms with Gasteiger partial charge in [0.15, 0.2) is 11.5 Å². The Balaban J connectivity index is 1.69. The molecule has 31 heavy (non-hydrogen) atoms. The molecule has 3 aromatic rings. The fourth-order valence-corrected chi connectivity index (χ4v) is 4.02. The van der Waals surface area contributed by atoms with Crippen LogP contribution in [-0.2, 0) is 4.74 Å². The highest BCUT2D eigenvalue weighted by Gasteiger charge is 2.25. The van der Waals surface area contributed by atoms with E-state index in [4.69, 9.17) is 14.2 Å². The molecule has 1 aliphatic rings. The molecule has 0 spiro atoms. The van der Waals surface area contributed by atoms with Crippen LogP contribution in [-0.4, -0.2) is 30.2 Å². The number of rotatable bonds is 6. The first-order valence-electron chi connectivity index (χ1n) is 9.22. The molecule has 1 N–H and O–H groups in total. The average molecular weight is 440 g/mol. The van der Waals surface area contributed by atoms with Crippen molar-refractivity contribution in [2.75, 3.05) is 18.7 Å². The van der Waals surface area contributed by atoms with Crippen LogP contribution in [0.5, 0.6) is 11.5 Å². The lowest BCUT2D eigenvalue weighted by molar-refractivity contribution is -0.384. The van der Waals surface area contributed by atoms with Gasteiger partial charge < -0.3 is 19.5 Å². The van der Waals surface area contributed by atoms with E-state index in [0.717, 1.165) is 11.3 Å². The number of thiophene rings is 1. The molecule has 10 heteroatoms. The molecule has 0 unspecified atom stereocenters. The van der Waals surface area contributed by atoms with E-state index in [2.05, 4.69) is 5.32 Å². The molecule has 158 valence electrons. The number of benzene rings is 2. The number of esters is 1. The van der Waals surface area contributed by atoms with Crippen molar-refractivity contribution in [3.63, 3.8) is 0 Å². The first-order chi connectivity index (χ1) is 15.0.